The van der Waals surface area contributed by atoms with Crippen LogP contribution in [0.5, 0.6) is 0 Å². The van der Waals surface area contributed by atoms with Gasteiger partial charge in [-0.15, -0.1) is 0 Å². The molecule has 0 aliphatic carbocycles. The molecule has 0 aromatic carbocycles. The molecule has 2 N–H and O–H groups in total. The molecule has 0 unspecified atom stereocenters. The van der Waals surface area contributed by atoms with Crippen LogP contribution in [0.1, 0.15) is 12.8 Å². The van der Waals surface area contributed by atoms with Gasteiger partial charge in [0.1, 0.15) is 0 Å². The molecule has 5 nitrogen and oxygen atoms in total. The molecule has 17 heavy (non-hydrogen) atoms. The summed E-state index contributed by atoms with van der Waals surface area (Å²) in [6, 6.07) is 0. The average Bonchev–Trinajstić information content (AvgIpc) is 2.13. The fraction of sp³-hybridized carbons (Fsp3) is 1.00. The zero-order valence-electron chi connectivity index (χ0n) is 10.5. The van der Waals surface area contributed by atoms with E-state index in [1.54, 1.807) is 0 Å². The van der Waals surface area contributed by atoms with Crippen LogP contribution in [0, 0.1) is 11.8 Å². The summed E-state index contributed by atoms with van der Waals surface area (Å²) in [5.74, 6) is 1.66. The molecule has 1 atom stereocenters. The highest BCUT2D eigenvalue weighted by atomic mass is 32.2. The third-order valence-electron chi connectivity index (χ3n) is 3.81. The maximum absolute atomic E-state index is 11.0. The Morgan fingerprint density at radius 2 is 2.12 bits per heavy atom. The number of hydrogen-bond acceptors (Lipinski definition) is 4. The Balaban J connectivity index is 1.70. The van der Waals surface area contributed by atoms with E-state index in [2.05, 4.69) is 14.9 Å². The van der Waals surface area contributed by atoms with E-state index >= 15 is 0 Å². The summed E-state index contributed by atoms with van der Waals surface area (Å²) >= 11 is 0. The topological polar surface area (TPSA) is 61.4 Å². The fourth-order valence-electron chi connectivity index (χ4n) is 2.71. The number of nitrogens with zero attached hydrogens (tertiary/aromatic N) is 1. The Morgan fingerprint density at radius 1 is 1.35 bits per heavy atom. The number of likely N-dealkylation sites (tertiary alicyclic amines) is 1. The summed E-state index contributed by atoms with van der Waals surface area (Å²) in [4.78, 5) is 2.39. The lowest BCUT2D eigenvalue weighted by molar-refractivity contribution is 0.110. The monoisotopic (exact) mass is 261 g/mol. The molecule has 0 amide bonds. The van der Waals surface area contributed by atoms with Gasteiger partial charge in [-0.3, -0.25) is 0 Å². The second kappa shape index (κ2) is 5.65. The minimum Gasteiger partial charge on any atom is -0.316 e. The SMILES string of the molecule is CS(=O)(=O)NCCN1CCC[C@H](C2CNC2)C1. The van der Waals surface area contributed by atoms with Gasteiger partial charge in [-0.1, -0.05) is 0 Å². The number of nitrogens with one attached hydrogen (secondary N) is 2. The molecule has 0 bridgehead atoms. The Labute approximate surface area is 104 Å². The second-order valence-electron chi connectivity index (χ2n) is 5.29. The van der Waals surface area contributed by atoms with Crippen LogP contribution < -0.4 is 10.0 Å². The Hall–Kier alpha value is -0.170. The van der Waals surface area contributed by atoms with E-state index in [9.17, 15) is 8.42 Å². The van der Waals surface area contributed by atoms with Crippen molar-refractivity contribution in [3.05, 3.63) is 0 Å². The van der Waals surface area contributed by atoms with Crippen LogP contribution in [0.2, 0.25) is 0 Å². The van der Waals surface area contributed by atoms with Crippen molar-refractivity contribution in [2.75, 3.05) is 45.5 Å². The molecule has 0 radical (unpaired) electrons. The second-order valence-corrected chi connectivity index (χ2v) is 7.12. The van der Waals surface area contributed by atoms with E-state index in [-0.39, 0.29) is 0 Å². The highest BCUT2D eigenvalue weighted by Crippen LogP contribution is 2.26. The lowest BCUT2D eigenvalue weighted by atomic mass is 9.82. The van der Waals surface area contributed by atoms with Crippen molar-refractivity contribution in [2.24, 2.45) is 11.8 Å². The molecule has 2 aliphatic rings. The maximum Gasteiger partial charge on any atom is 0.208 e. The number of piperidine rings is 1. The van der Waals surface area contributed by atoms with Crippen molar-refractivity contribution in [2.45, 2.75) is 12.8 Å². The summed E-state index contributed by atoms with van der Waals surface area (Å²) in [6.45, 7) is 5.96. The Bertz CT molecular complexity index is 341. The lowest BCUT2D eigenvalue weighted by Gasteiger charge is -2.41. The minimum absolute atomic E-state index is 0.536. The molecule has 2 fully saturated rings. The van der Waals surface area contributed by atoms with E-state index in [4.69, 9.17) is 0 Å². The van der Waals surface area contributed by atoms with Crippen molar-refractivity contribution in [3.8, 4) is 0 Å². The van der Waals surface area contributed by atoms with E-state index in [0.717, 1.165) is 31.5 Å². The quantitative estimate of drug-likeness (QED) is 0.698. The molecule has 0 spiro atoms. The van der Waals surface area contributed by atoms with Gasteiger partial charge in [-0.05, 0) is 44.3 Å². The van der Waals surface area contributed by atoms with Gasteiger partial charge < -0.3 is 10.2 Å². The van der Waals surface area contributed by atoms with Gasteiger partial charge in [0.25, 0.3) is 0 Å². The fourth-order valence-corrected chi connectivity index (χ4v) is 3.17. The number of rotatable bonds is 5. The first kappa shape index (κ1) is 13.3. The molecule has 2 heterocycles. The van der Waals surface area contributed by atoms with Crippen LogP contribution in [0.4, 0.5) is 0 Å². The molecule has 100 valence electrons. The van der Waals surface area contributed by atoms with Crippen LogP contribution in [-0.4, -0.2) is 58.8 Å². The average molecular weight is 261 g/mol. The van der Waals surface area contributed by atoms with E-state index in [1.807, 2.05) is 0 Å². The summed E-state index contributed by atoms with van der Waals surface area (Å²) < 4.78 is 24.5. The summed E-state index contributed by atoms with van der Waals surface area (Å²) in [5.41, 5.74) is 0. The smallest absolute Gasteiger partial charge is 0.208 e. The van der Waals surface area contributed by atoms with Crippen molar-refractivity contribution in [1.82, 2.24) is 14.9 Å². The van der Waals surface area contributed by atoms with Crippen molar-refractivity contribution >= 4 is 10.0 Å². The predicted molar refractivity (Wildman–Crippen MR) is 68.4 cm³/mol. The minimum atomic E-state index is -3.03. The van der Waals surface area contributed by atoms with Crippen LogP contribution in [-0.2, 0) is 10.0 Å². The zero-order chi connectivity index (χ0) is 12.3. The van der Waals surface area contributed by atoms with Crippen molar-refractivity contribution < 1.29 is 8.42 Å². The van der Waals surface area contributed by atoms with Crippen LogP contribution >= 0.6 is 0 Å². The van der Waals surface area contributed by atoms with Crippen molar-refractivity contribution in [3.63, 3.8) is 0 Å². The van der Waals surface area contributed by atoms with Gasteiger partial charge in [-0.2, -0.15) is 0 Å². The lowest BCUT2D eigenvalue weighted by Crippen LogP contribution is -2.51. The molecule has 6 heteroatoms. The molecule has 2 aliphatic heterocycles. The van der Waals surface area contributed by atoms with Crippen LogP contribution in [0.3, 0.4) is 0 Å². The first-order valence-corrected chi connectivity index (χ1v) is 8.31. The first-order chi connectivity index (χ1) is 8.04. The standard InChI is InChI=1S/C11H23N3O2S/c1-17(15,16)13-4-6-14-5-2-3-10(9-14)11-7-12-8-11/h10-13H,2-9H2,1H3/t10-/m0/s1. The van der Waals surface area contributed by atoms with Crippen molar-refractivity contribution in [1.29, 1.82) is 0 Å². The first-order valence-electron chi connectivity index (χ1n) is 6.42. The van der Waals surface area contributed by atoms with E-state index in [0.29, 0.717) is 6.54 Å². The van der Waals surface area contributed by atoms with Gasteiger partial charge in [0.2, 0.25) is 10.0 Å². The van der Waals surface area contributed by atoms with Gasteiger partial charge in [0, 0.05) is 19.6 Å². The molecule has 2 saturated heterocycles. The van der Waals surface area contributed by atoms with Gasteiger partial charge in [0.15, 0.2) is 0 Å². The molecule has 0 aromatic heterocycles. The molecule has 0 saturated carbocycles. The third kappa shape index (κ3) is 4.21. The van der Waals surface area contributed by atoms with E-state index in [1.165, 1.54) is 32.2 Å². The van der Waals surface area contributed by atoms with Crippen LogP contribution in [0.15, 0.2) is 0 Å². The van der Waals surface area contributed by atoms with Crippen LogP contribution in [0.25, 0.3) is 0 Å². The molecular formula is C11H23N3O2S. The third-order valence-corrected chi connectivity index (χ3v) is 4.54. The highest BCUT2D eigenvalue weighted by Gasteiger charge is 2.30. The summed E-state index contributed by atoms with van der Waals surface area (Å²) in [6.07, 6.45) is 3.80. The molecular weight excluding hydrogens is 238 g/mol. The Kier molecular flexibility index (Phi) is 4.41. The normalized spacial score (nSPS) is 27.9. The molecule has 0 aromatic rings. The maximum atomic E-state index is 11.0. The highest BCUT2D eigenvalue weighted by molar-refractivity contribution is 7.88. The van der Waals surface area contributed by atoms with Gasteiger partial charge in [0.05, 0.1) is 6.26 Å². The van der Waals surface area contributed by atoms with Gasteiger partial charge >= 0.3 is 0 Å². The molecule has 2 rings (SSSR count). The number of sulfonamides is 1. The predicted octanol–water partition coefficient (Wildman–Crippen LogP) is -0.533. The van der Waals surface area contributed by atoms with Gasteiger partial charge in [-0.25, -0.2) is 13.1 Å². The Morgan fingerprint density at radius 3 is 2.71 bits per heavy atom. The summed E-state index contributed by atoms with van der Waals surface area (Å²) in [5, 5.41) is 3.33. The summed E-state index contributed by atoms with van der Waals surface area (Å²) in [7, 11) is -3.03. The van der Waals surface area contributed by atoms with E-state index < -0.39 is 10.0 Å². The number of hydrogen-bond donors (Lipinski definition) is 2. The zero-order valence-corrected chi connectivity index (χ0v) is 11.3. The largest absolute Gasteiger partial charge is 0.316 e.